The van der Waals surface area contributed by atoms with Crippen LogP contribution in [0.5, 0.6) is 0 Å². The van der Waals surface area contributed by atoms with Crippen molar-refractivity contribution in [3.63, 3.8) is 0 Å². The lowest BCUT2D eigenvalue weighted by Gasteiger charge is -2.18. The lowest BCUT2D eigenvalue weighted by Crippen LogP contribution is -2.18. The summed E-state index contributed by atoms with van der Waals surface area (Å²) in [7, 11) is 2.01. The molecule has 0 radical (unpaired) electrons. The maximum absolute atomic E-state index is 4.28. The maximum atomic E-state index is 4.28. The molecule has 0 saturated carbocycles. The summed E-state index contributed by atoms with van der Waals surface area (Å²) in [4.78, 5) is 14.5. The molecule has 18 heavy (non-hydrogen) atoms. The van der Waals surface area contributed by atoms with Gasteiger partial charge in [0.05, 0.1) is 0 Å². The molecule has 94 valence electrons. The Balaban J connectivity index is 2.08. The van der Waals surface area contributed by atoms with Gasteiger partial charge in [-0.15, -0.1) is 0 Å². The average molecular weight is 243 g/mol. The lowest BCUT2D eigenvalue weighted by atomic mass is 10.2. The van der Waals surface area contributed by atoms with Gasteiger partial charge in [-0.2, -0.15) is 0 Å². The van der Waals surface area contributed by atoms with Crippen LogP contribution in [0.2, 0.25) is 0 Å². The molecule has 0 aliphatic rings. The third kappa shape index (κ3) is 3.16. The van der Waals surface area contributed by atoms with Crippen molar-refractivity contribution >= 4 is 11.6 Å². The van der Waals surface area contributed by atoms with E-state index in [1.807, 2.05) is 32.2 Å². The van der Waals surface area contributed by atoms with E-state index in [1.165, 1.54) is 5.56 Å². The van der Waals surface area contributed by atoms with E-state index in [4.69, 9.17) is 0 Å². The Morgan fingerprint density at radius 2 is 2.00 bits per heavy atom. The zero-order chi connectivity index (χ0) is 12.8. The van der Waals surface area contributed by atoms with Crippen LogP contribution < -0.4 is 10.2 Å². The van der Waals surface area contributed by atoms with Gasteiger partial charge in [0.15, 0.2) is 0 Å². The highest BCUT2D eigenvalue weighted by molar-refractivity contribution is 5.48. The number of aromatic nitrogens is 3. The minimum absolute atomic E-state index is 0.797. The summed E-state index contributed by atoms with van der Waals surface area (Å²) in [5.41, 5.74) is 1.20. The van der Waals surface area contributed by atoms with Crippen LogP contribution in [0.1, 0.15) is 12.5 Å². The van der Waals surface area contributed by atoms with Gasteiger partial charge < -0.3 is 10.2 Å². The molecule has 0 fully saturated rings. The Bertz CT molecular complexity index is 486. The number of hydrogen-bond donors (Lipinski definition) is 1. The van der Waals surface area contributed by atoms with Crippen molar-refractivity contribution in [2.75, 3.05) is 23.8 Å². The van der Waals surface area contributed by atoms with Gasteiger partial charge >= 0.3 is 0 Å². The van der Waals surface area contributed by atoms with Gasteiger partial charge in [-0.05, 0) is 24.6 Å². The molecular weight excluding hydrogens is 226 g/mol. The van der Waals surface area contributed by atoms with Gasteiger partial charge in [0, 0.05) is 38.6 Å². The molecule has 1 N–H and O–H groups in total. The van der Waals surface area contributed by atoms with Crippen LogP contribution in [0.25, 0.3) is 0 Å². The summed E-state index contributed by atoms with van der Waals surface area (Å²) in [6.07, 6.45) is 5.18. The van der Waals surface area contributed by atoms with E-state index in [-0.39, 0.29) is 0 Å². The summed E-state index contributed by atoms with van der Waals surface area (Å²) in [6.45, 7) is 3.69. The van der Waals surface area contributed by atoms with E-state index in [1.54, 1.807) is 18.7 Å². The fourth-order valence-corrected chi connectivity index (χ4v) is 1.68. The second-order valence-electron chi connectivity index (χ2n) is 4.00. The van der Waals surface area contributed by atoms with Gasteiger partial charge in [0.25, 0.3) is 0 Å². The van der Waals surface area contributed by atoms with Crippen LogP contribution in [-0.2, 0) is 6.54 Å². The Labute approximate surface area is 107 Å². The number of hydrogen-bond acceptors (Lipinski definition) is 5. The highest BCUT2D eigenvalue weighted by Crippen LogP contribution is 2.14. The van der Waals surface area contributed by atoms with Crippen molar-refractivity contribution in [3.05, 3.63) is 42.5 Å². The van der Waals surface area contributed by atoms with Crippen molar-refractivity contribution in [3.8, 4) is 0 Å². The molecule has 0 bridgehead atoms. The fourth-order valence-electron chi connectivity index (χ4n) is 1.68. The molecule has 0 aliphatic carbocycles. The molecule has 0 spiro atoms. The second-order valence-corrected chi connectivity index (χ2v) is 4.00. The molecule has 2 rings (SSSR count). The highest BCUT2D eigenvalue weighted by Gasteiger charge is 2.04. The van der Waals surface area contributed by atoms with E-state index >= 15 is 0 Å². The molecule has 2 heterocycles. The van der Waals surface area contributed by atoms with E-state index in [9.17, 15) is 0 Å². The van der Waals surface area contributed by atoms with E-state index in [2.05, 4.69) is 25.2 Å². The number of rotatable bonds is 5. The molecule has 0 atom stereocenters. The van der Waals surface area contributed by atoms with Gasteiger partial charge in [-0.1, -0.05) is 0 Å². The normalized spacial score (nSPS) is 10.1. The van der Waals surface area contributed by atoms with Gasteiger partial charge in [-0.3, -0.25) is 4.98 Å². The first kappa shape index (κ1) is 12.3. The van der Waals surface area contributed by atoms with Crippen LogP contribution >= 0.6 is 0 Å². The van der Waals surface area contributed by atoms with E-state index in [0.29, 0.717) is 0 Å². The summed E-state index contributed by atoms with van der Waals surface area (Å²) in [6, 6.07) is 5.95. The molecule has 0 aliphatic heterocycles. The number of nitrogens with one attached hydrogen (secondary N) is 1. The predicted molar refractivity (Wildman–Crippen MR) is 72.5 cm³/mol. The number of nitrogens with zero attached hydrogens (tertiary/aromatic N) is 4. The lowest BCUT2D eigenvalue weighted by molar-refractivity contribution is 0.888. The van der Waals surface area contributed by atoms with Crippen LogP contribution in [0.15, 0.2) is 36.9 Å². The van der Waals surface area contributed by atoms with Crippen LogP contribution in [0, 0.1) is 0 Å². The fraction of sp³-hybridized carbons (Fsp3) is 0.308. The monoisotopic (exact) mass is 243 g/mol. The largest absolute Gasteiger partial charge is 0.370 e. The van der Waals surface area contributed by atoms with Gasteiger partial charge in [0.2, 0.25) is 0 Å². The third-order valence-electron chi connectivity index (χ3n) is 2.57. The summed E-state index contributed by atoms with van der Waals surface area (Å²) >= 11 is 0. The van der Waals surface area contributed by atoms with Crippen molar-refractivity contribution in [2.24, 2.45) is 0 Å². The van der Waals surface area contributed by atoms with Crippen molar-refractivity contribution in [2.45, 2.75) is 13.5 Å². The molecule has 5 nitrogen and oxygen atoms in total. The zero-order valence-corrected chi connectivity index (χ0v) is 10.7. The highest BCUT2D eigenvalue weighted by atomic mass is 15.2. The molecule has 2 aromatic heterocycles. The standard InChI is InChI=1S/C13H17N5/c1-3-15-12-8-13(17-10-16-12)18(2)9-11-4-6-14-7-5-11/h4-8,10H,3,9H2,1-2H3,(H,15,16,17). The Morgan fingerprint density at radius 1 is 1.22 bits per heavy atom. The smallest absolute Gasteiger partial charge is 0.134 e. The molecule has 0 unspecified atom stereocenters. The number of pyridine rings is 1. The first-order valence-corrected chi connectivity index (χ1v) is 5.95. The molecule has 2 aromatic rings. The third-order valence-corrected chi connectivity index (χ3v) is 2.57. The van der Waals surface area contributed by atoms with Crippen LogP contribution in [0.4, 0.5) is 11.6 Å². The van der Waals surface area contributed by atoms with Crippen molar-refractivity contribution in [1.82, 2.24) is 15.0 Å². The minimum atomic E-state index is 0.797. The topological polar surface area (TPSA) is 53.9 Å². The molecule has 0 aromatic carbocycles. The second kappa shape index (κ2) is 5.95. The summed E-state index contributed by atoms with van der Waals surface area (Å²) in [5.74, 6) is 1.75. The molecular formula is C13H17N5. The number of anilines is 2. The Kier molecular flexibility index (Phi) is 4.06. The Morgan fingerprint density at radius 3 is 2.72 bits per heavy atom. The van der Waals surface area contributed by atoms with Crippen LogP contribution in [-0.4, -0.2) is 28.5 Å². The Hall–Kier alpha value is -2.17. The molecule has 0 saturated heterocycles. The van der Waals surface area contributed by atoms with Crippen molar-refractivity contribution in [1.29, 1.82) is 0 Å². The van der Waals surface area contributed by atoms with Crippen LogP contribution in [0.3, 0.4) is 0 Å². The predicted octanol–water partition coefficient (Wildman–Crippen LogP) is 1.94. The summed E-state index contributed by atoms with van der Waals surface area (Å²) < 4.78 is 0. The molecule has 0 amide bonds. The first-order chi connectivity index (χ1) is 8.79. The maximum Gasteiger partial charge on any atom is 0.134 e. The minimum Gasteiger partial charge on any atom is -0.370 e. The quantitative estimate of drug-likeness (QED) is 0.869. The van der Waals surface area contributed by atoms with E-state index in [0.717, 1.165) is 24.7 Å². The SMILES string of the molecule is CCNc1cc(N(C)Cc2ccncc2)ncn1. The zero-order valence-electron chi connectivity index (χ0n) is 10.7. The molecule has 5 heteroatoms. The first-order valence-electron chi connectivity index (χ1n) is 5.95. The summed E-state index contributed by atoms with van der Waals surface area (Å²) in [5, 5.41) is 3.18. The average Bonchev–Trinajstić information content (AvgIpc) is 2.40. The van der Waals surface area contributed by atoms with Crippen molar-refractivity contribution < 1.29 is 0 Å². The van der Waals surface area contributed by atoms with Gasteiger partial charge in [0.1, 0.15) is 18.0 Å². The van der Waals surface area contributed by atoms with E-state index < -0.39 is 0 Å². The van der Waals surface area contributed by atoms with Gasteiger partial charge in [-0.25, -0.2) is 9.97 Å².